The van der Waals surface area contributed by atoms with E-state index in [1.165, 1.54) is 23.5 Å². The molecule has 0 aliphatic heterocycles. The molecule has 1 aliphatic rings. The van der Waals surface area contributed by atoms with Gasteiger partial charge in [-0.25, -0.2) is 18.1 Å². The van der Waals surface area contributed by atoms with Crippen LogP contribution in [0.2, 0.25) is 0 Å². The predicted molar refractivity (Wildman–Crippen MR) is 99.6 cm³/mol. The van der Waals surface area contributed by atoms with Crippen molar-refractivity contribution in [1.82, 2.24) is 9.71 Å². The van der Waals surface area contributed by atoms with Crippen LogP contribution in [0.5, 0.6) is 0 Å². The molecule has 0 bridgehead atoms. The van der Waals surface area contributed by atoms with Gasteiger partial charge in [0.1, 0.15) is 10.7 Å². The standard InChI is InChI=1S/C15H18N4O3S2.ClH/c16-7-14-19-13(9-23-14)15(20)18-11-3-5-12(6-4-11)24(21,22)17-8-10-1-2-10;/h3-6,9-10,17H,1-2,7-8,16H2,(H,18,20);1H. The lowest BCUT2D eigenvalue weighted by Crippen LogP contribution is -2.25. The summed E-state index contributed by atoms with van der Waals surface area (Å²) in [4.78, 5) is 16.4. The van der Waals surface area contributed by atoms with E-state index >= 15 is 0 Å². The minimum atomic E-state index is -3.50. The van der Waals surface area contributed by atoms with Gasteiger partial charge in [0.15, 0.2) is 0 Å². The number of amides is 1. The Hall–Kier alpha value is -1.52. The number of carbonyl (C=O) groups excluding carboxylic acids is 1. The number of rotatable bonds is 7. The van der Waals surface area contributed by atoms with Gasteiger partial charge in [0.05, 0.1) is 4.90 Å². The zero-order chi connectivity index (χ0) is 17.2. The molecule has 1 aromatic heterocycles. The molecule has 136 valence electrons. The van der Waals surface area contributed by atoms with Crippen molar-refractivity contribution in [2.75, 3.05) is 11.9 Å². The monoisotopic (exact) mass is 402 g/mol. The number of aromatic nitrogens is 1. The first-order valence-electron chi connectivity index (χ1n) is 7.53. The maximum atomic E-state index is 12.1. The fourth-order valence-corrected chi connectivity index (χ4v) is 3.83. The number of thiazole rings is 1. The number of hydrogen-bond donors (Lipinski definition) is 3. The highest BCUT2D eigenvalue weighted by Gasteiger charge is 2.24. The molecule has 1 aromatic carbocycles. The molecule has 2 aromatic rings. The molecule has 0 radical (unpaired) electrons. The molecule has 1 amide bonds. The van der Waals surface area contributed by atoms with Crippen LogP contribution in [-0.4, -0.2) is 25.9 Å². The summed E-state index contributed by atoms with van der Waals surface area (Å²) in [7, 11) is -3.50. The number of carbonyl (C=O) groups is 1. The van der Waals surface area contributed by atoms with E-state index in [2.05, 4.69) is 15.0 Å². The minimum Gasteiger partial charge on any atom is -0.325 e. The molecule has 1 heterocycles. The first kappa shape index (κ1) is 19.8. The van der Waals surface area contributed by atoms with Gasteiger partial charge in [-0.2, -0.15) is 0 Å². The second-order valence-corrected chi connectivity index (χ2v) is 8.31. The molecule has 1 fully saturated rings. The number of benzene rings is 1. The Kier molecular flexibility index (Phi) is 6.53. The molecule has 1 aliphatic carbocycles. The third kappa shape index (κ3) is 5.23. The van der Waals surface area contributed by atoms with E-state index in [1.54, 1.807) is 17.5 Å². The van der Waals surface area contributed by atoms with Crippen LogP contribution in [0.1, 0.15) is 28.3 Å². The Bertz CT molecular complexity index is 833. The van der Waals surface area contributed by atoms with Gasteiger partial charge in [-0.3, -0.25) is 4.79 Å². The zero-order valence-corrected chi connectivity index (χ0v) is 15.7. The minimum absolute atomic E-state index is 0. The van der Waals surface area contributed by atoms with Gasteiger partial charge in [0.2, 0.25) is 10.0 Å². The topological polar surface area (TPSA) is 114 Å². The molecule has 25 heavy (non-hydrogen) atoms. The molecular formula is C15H19ClN4O3S2. The highest BCUT2D eigenvalue weighted by atomic mass is 35.5. The van der Waals surface area contributed by atoms with Crippen molar-refractivity contribution in [3.8, 4) is 0 Å². The Labute approximate surface area is 156 Å². The second kappa shape index (κ2) is 8.24. The summed E-state index contributed by atoms with van der Waals surface area (Å²) in [6.07, 6.45) is 2.16. The SMILES string of the molecule is Cl.NCc1nc(C(=O)Nc2ccc(S(=O)(=O)NCC3CC3)cc2)cs1. The molecule has 10 heteroatoms. The lowest BCUT2D eigenvalue weighted by molar-refractivity contribution is 0.102. The fourth-order valence-electron chi connectivity index (χ4n) is 2.05. The quantitative estimate of drug-likeness (QED) is 0.655. The zero-order valence-electron chi connectivity index (χ0n) is 13.3. The first-order chi connectivity index (χ1) is 11.5. The molecule has 0 saturated heterocycles. The normalized spacial score (nSPS) is 14.0. The van der Waals surface area contributed by atoms with Crippen LogP contribution in [0, 0.1) is 5.92 Å². The summed E-state index contributed by atoms with van der Waals surface area (Å²) in [5, 5.41) is 5.00. The highest BCUT2D eigenvalue weighted by molar-refractivity contribution is 7.89. The average molecular weight is 403 g/mol. The Morgan fingerprint density at radius 1 is 1.28 bits per heavy atom. The van der Waals surface area contributed by atoms with Gasteiger partial charge >= 0.3 is 0 Å². The summed E-state index contributed by atoms with van der Waals surface area (Å²) in [6, 6.07) is 6.05. The summed E-state index contributed by atoms with van der Waals surface area (Å²) < 4.78 is 26.9. The average Bonchev–Trinajstić information content (AvgIpc) is 3.28. The van der Waals surface area contributed by atoms with E-state index in [-0.39, 0.29) is 23.2 Å². The van der Waals surface area contributed by atoms with E-state index in [4.69, 9.17) is 5.73 Å². The van der Waals surface area contributed by atoms with Crippen LogP contribution in [0.15, 0.2) is 34.5 Å². The van der Waals surface area contributed by atoms with Crippen molar-refractivity contribution in [1.29, 1.82) is 0 Å². The van der Waals surface area contributed by atoms with E-state index in [9.17, 15) is 13.2 Å². The van der Waals surface area contributed by atoms with E-state index < -0.39 is 10.0 Å². The number of sulfonamides is 1. The third-order valence-electron chi connectivity index (χ3n) is 3.64. The summed E-state index contributed by atoms with van der Waals surface area (Å²) >= 11 is 1.32. The van der Waals surface area contributed by atoms with Crippen molar-refractivity contribution in [2.45, 2.75) is 24.3 Å². The highest BCUT2D eigenvalue weighted by Crippen LogP contribution is 2.28. The van der Waals surface area contributed by atoms with Crippen molar-refractivity contribution >= 4 is 45.4 Å². The number of nitrogens with two attached hydrogens (primary N) is 1. The number of anilines is 1. The Balaban J connectivity index is 0.00000225. The van der Waals surface area contributed by atoms with E-state index in [0.717, 1.165) is 12.8 Å². The number of hydrogen-bond acceptors (Lipinski definition) is 6. The molecule has 7 nitrogen and oxygen atoms in total. The fraction of sp³-hybridized carbons (Fsp3) is 0.333. The molecule has 0 atom stereocenters. The number of halogens is 1. The Morgan fingerprint density at radius 2 is 1.96 bits per heavy atom. The molecule has 3 rings (SSSR count). The van der Waals surface area contributed by atoms with Gasteiger partial charge < -0.3 is 11.1 Å². The second-order valence-electron chi connectivity index (χ2n) is 5.60. The lowest BCUT2D eigenvalue weighted by Gasteiger charge is -2.07. The summed E-state index contributed by atoms with van der Waals surface area (Å²) in [5.41, 5.74) is 6.27. The van der Waals surface area contributed by atoms with Crippen molar-refractivity contribution < 1.29 is 13.2 Å². The van der Waals surface area contributed by atoms with Gasteiger partial charge in [-0.05, 0) is 43.0 Å². The molecule has 4 N–H and O–H groups in total. The lowest BCUT2D eigenvalue weighted by atomic mass is 10.3. The Morgan fingerprint density at radius 3 is 2.52 bits per heavy atom. The van der Waals surface area contributed by atoms with Gasteiger partial charge in [0, 0.05) is 24.2 Å². The van der Waals surface area contributed by atoms with Crippen LogP contribution >= 0.6 is 23.7 Å². The summed E-state index contributed by atoms with van der Waals surface area (Å²) in [5.74, 6) is 0.114. The first-order valence-corrected chi connectivity index (χ1v) is 9.90. The van der Waals surface area contributed by atoms with Crippen LogP contribution < -0.4 is 15.8 Å². The van der Waals surface area contributed by atoms with E-state index in [1.807, 2.05) is 0 Å². The van der Waals surface area contributed by atoms with E-state index in [0.29, 0.717) is 35.4 Å². The van der Waals surface area contributed by atoms with Crippen molar-refractivity contribution in [3.05, 3.63) is 40.3 Å². The molecule has 1 saturated carbocycles. The summed E-state index contributed by atoms with van der Waals surface area (Å²) in [6.45, 7) is 0.770. The van der Waals surface area contributed by atoms with Gasteiger partial charge in [-0.15, -0.1) is 23.7 Å². The van der Waals surface area contributed by atoms with Crippen molar-refractivity contribution in [3.63, 3.8) is 0 Å². The van der Waals surface area contributed by atoms with Gasteiger partial charge in [0.25, 0.3) is 5.91 Å². The van der Waals surface area contributed by atoms with Crippen LogP contribution in [-0.2, 0) is 16.6 Å². The maximum Gasteiger partial charge on any atom is 0.275 e. The smallest absolute Gasteiger partial charge is 0.275 e. The predicted octanol–water partition coefficient (Wildman–Crippen LogP) is 1.96. The van der Waals surface area contributed by atoms with Gasteiger partial charge in [-0.1, -0.05) is 0 Å². The molecular weight excluding hydrogens is 384 g/mol. The number of nitrogens with one attached hydrogen (secondary N) is 2. The molecule has 0 spiro atoms. The van der Waals surface area contributed by atoms with Crippen LogP contribution in [0.25, 0.3) is 0 Å². The van der Waals surface area contributed by atoms with Crippen LogP contribution in [0.3, 0.4) is 0 Å². The number of nitrogens with zero attached hydrogens (tertiary/aromatic N) is 1. The largest absolute Gasteiger partial charge is 0.325 e. The van der Waals surface area contributed by atoms with Crippen molar-refractivity contribution in [2.24, 2.45) is 11.7 Å². The maximum absolute atomic E-state index is 12.1. The van der Waals surface area contributed by atoms with Crippen LogP contribution in [0.4, 0.5) is 5.69 Å². The third-order valence-corrected chi connectivity index (χ3v) is 5.95. The molecule has 0 unspecified atom stereocenters.